The van der Waals surface area contributed by atoms with Gasteiger partial charge in [-0.2, -0.15) is 0 Å². The zero-order valence-corrected chi connectivity index (χ0v) is 40.8. The van der Waals surface area contributed by atoms with E-state index in [4.69, 9.17) is 4.42 Å². The van der Waals surface area contributed by atoms with E-state index in [-0.39, 0.29) is 5.41 Å². The molecule has 2 heterocycles. The second-order valence-electron chi connectivity index (χ2n) is 19.6. The molecule has 0 spiro atoms. The number of hydrogen-bond acceptors (Lipinski definition) is 3. The standard InChI is InChI=1S/C69H47NOS/c1-69(2)62-40-33-49(41-60(62)61-43-50(44-15-5-3-6-16-44)42-59(67(61)69)46-17-7-4-8-18-46)45-27-34-51(35-28-45)70(52-36-29-47(30-37-52)54-21-14-26-65-66(54)58-20-10-12-25-64(58)72-65)53-38-31-48(32-39-53)55-22-13-23-57-56-19-9-11-24-63(56)71-68(55)57/h3-43H,1-2H3. The molecule has 2 nitrogen and oxygen atoms in total. The van der Waals surface area contributed by atoms with E-state index < -0.39 is 0 Å². The fourth-order valence-electron chi connectivity index (χ4n) is 11.6. The van der Waals surface area contributed by atoms with E-state index in [1.807, 2.05) is 23.5 Å². The molecule has 0 N–H and O–H groups in total. The molecule has 0 aliphatic heterocycles. The van der Waals surface area contributed by atoms with Gasteiger partial charge in [0, 0.05) is 59.0 Å². The molecule has 11 aromatic carbocycles. The summed E-state index contributed by atoms with van der Waals surface area (Å²) in [5, 5.41) is 4.89. The van der Waals surface area contributed by atoms with Crippen molar-refractivity contribution in [2.75, 3.05) is 4.90 Å². The van der Waals surface area contributed by atoms with Gasteiger partial charge >= 0.3 is 0 Å². The van der Waals surface area contributed by atoms with Crippen LogP contribution in [0.15, 0.2) is 253 Å². The van der Waals surface area contributed by atoms with Gasteiger partial charge in [0.2, 0.25) is 0 Å². The third-order valence-electron chi connectivity index (χ3n) is 15.1. The fourth-order valence-corrected chi connectivity index (χ4v) is 12.7. The lowest BCUT2D eigenvalue weighted by molar-refractivity contribution is 0.662. The van der Waals surface area contributed by atoms with Gasteiger partial charge in [0.15, 0.2) is 0 Å². The van der Waals surface area contributed by atoms with Crippen LogP contribution in [0.3, 0.4) is 0 Å². The topological polar surface area (TPSA) is 16.4 Å². The predicted molar refractivity (Wildman–Crippen MR) is 306 cm³/mol. The molecule has 0 atom stereocenters. The first-order valence-electron chi connectivity index (χ1n) is 24.8. The molecule has 1 aliphatic rings. The first kappa shape index (κ1) is 42.1. The molecule has 0 saturated heterocycles. The van der Waals surface area contributed by atoms with Gasteiger partial charge in [-0.15, -0.1) is 11.3 Å². The lowest BCUT2D eigenvalue weighted by Crippen LogP contribution is -2.16. The van der Waals surface area contributed by atoms with Crippen LogP contribution in [0.5, 0.6) is 0 Å². The van der Waals surface area contributed by atoms with Crippen LogP contribution >= 0.6 is 11.3 Å². The Bertz CT molecular complexity index is 4200. The Hall–Kier alpha value is -8.76. The number of furan rings is 1. The van der Waals surface area contributed by atoms with Crippen LogP contribution in [0.25, 0.3) is 109 Å². The summed E-state index contributed by atoms with van der Waals surface area (Å²) in [5.41, 5.74) is 22.3. The number of hydrogen-bond donors (Lipinski definition) is 0. The minimum Gasteiger partial charge on any atom is -0.455 e. The van der Waals surface area contributed by atoms with Crippen molar-refractivity contribution in [2.24, 2.45) is 0 Å². The number of fused-ring (bicyclic) bond motifs is 9. The zero-order chi connectivity index (χ0) is 47.9. The summed E-state index contributed by atoms with van der Waals surface area (Å²) in [4.78, 5) is 2.37. The lowest BCUT2D eigenvalue weighted by atomic mass is 9.78. The summed E-state index contributed by atoms with van der Waals surface area (Å²) in [5.74, 6) is 0. The summed E-state index contributed by atoms with van der Waals surface area (Å²) in [6.45, 7) is 4.77. The minimum absolute atomic E-state index is 0.179. The lowest BCUT2D eigenvalue weighted by Gasteiger charge is -2.26. The average molecular weight is 938 g/mol. The highest BCUT2D eigenvalue weighted by molar-refractivity contribution is 7.25. The molecule has 340 valence electrons. The van der Waals surface area contributed by atoms with Crippen LogP contribution in [-0.4, -0.2) is 0 Å². The molecule has 0 unspecified atom stereocenters. The van der Waals surface area contributed by atoms with E-state index in [2.05, 4.69) is 255 Å². The first-order valence-corrected chi connectivity index (χ1v) is 25.6. The zero-order valence-electron chi connectivity index (χ0n) is 39.9. The van der Waals surface area contributed by atoms with Crippen molar-refractivity contribution >= 4 is 70.5 Å². The number of nitrogens with zero attached hydrogens (tertiary/aromatic N) is 1. The predicted octanol–water partition coefficient (Wildman–Crippen LogP) is 20.1. The Balaban J connectivity index is 0.862. The van der Waals surface area contributed by atoms with Crippen molar-refractivity contribution in [3.8, 4) is 66.8 Å². The number of para-hydroxylation sites is 2. The second-order valence-corrected chi connectivity index (χ2v) is 20.7. The maximum atomic E-state index is 6.48. The summed E-state index contributed by atoms with van der Waals surface area (Å²) in [6, 6.07) is 91.0. The Morgan fingerprint density at radius 3 is 1.57 bits per heavy atom. The Labute approximate surface area is 423 Å². The molecule has 13 aromatic rings. The van der Waals surface area contributed by atoms with Gasteiger partial charge in [0.05, 0.1) is 0 Å². The van der Waals surface area contributed by atoms with Crippen LogP contribution in [0.4, 0.5) is 17.1 Å². The monoisotopic (exact) mass is 937 g/mol. The van der Waals surface area contributed by atoms with E-state index in [1.54, 1.807) is 0 Å². The van der Waals surface area contributed by atoms with Gasteiger partial charge in [-0.1, -0.05) is 190 Å². The van der Waals surface area contributed by atoms with Crippen LogP contribution in [0, 0.1) is 0 Å². The number of benzene rings is 11. The highest BCUT2D eigenvalue weighted by atomic mass is 32.1. The number of rotatable bonds is 8. The summed E-state index contributed by atoms with van der Waals surface area (Å²) < 4.78 is 9.11. The van der Waals surface area contributed by atoms with Crippen molar-refractivity contribution < 1.29 is 4.42 Å². The largest absolute Gasteiger partial charge is 0.455 e. The summed E-state index contributed by atoms with van der Waals surface area (Å²) in [7, 11) is 0. The third kappa shape index (κ3) is 6.84. The molecule has 3 heteroatoms. The molecule has 2 aromatic heterocycles. The smallest absolute Gasteiger partial charge is 0.143 e. The van der Waals surface area contributed by atoms with Gasteiger partial charge < -0.3 is 9.32 Å². The number of thiophene rings is 1. The quantitative estimate of drug-likeness (QED) is 0.151. The molecular formula is C69H47NOS. The normalized spacial score (nSPS) is 12.7. The molecule has 0 radical (unpaired) electrons. The van der Waals surface area contributed by atoms with Crippen molar-refractivity contribution in [2.45, 2.75) is 19.3 Å². The van der Waals surface area contributed by atoms with Crippen molar-refractivity contribution in [3.05, 3.63) is 260 Å². The first-order chi connectivity index (χ1) is 35.4. The van der Waals surface area contributed by atoms with Gasteiger partial charge in [-0.05, 0) is 145 Å². The van der Waals surface area contributed by atoms with E-state index >= 15 is 0 Å². The molecule has 0 amide bonds. The molecule has 72 heavy (non-hydrogen) atoms. The molecule has 0 saturated carbocycles. The van der Waals surface area contributed by atoms with Crippen molar-refractivity contribution in [1.82, 2.24) is 0 Å². The summed E-state index contributed by atoms with van der Waals surface area (Å²) in [6.07, 6.45) is 0. The van der Waals surface area contributed by atoms with E-state index in [0.717, 1.165) is 50.1 Å². The van der Waals surface area contributed by atoms with Gasteiger partial charge in [-0.25, -0.2) is 0 Å². The van der Waals surface area contributed by atoms with Crippen LogP contribution in [-0.2, 0) is 5.41 Å². The number of anilines is 3. The Morgan fingerprint density at radius 1 is 0.347 bits per heavy atom. The van der Waals surface area contributed by atoms with Crippen molar-refractivity contribution in [3.63, 3.8) is 0 Å². The molecule has 14 rings (SSSR count). The van der Waals surface area contributed by atoms with Crippen LogP contribution < -0.4 is 4.90 Å². The maximum Gasteiger partial charge on any atom is 0.143 e. The highest BCUT2D eigenvalue weighted by Crippen LogP contribution is 2.54. The second kappa shape index (κ2) is 16.7. The molecular weight excluding hydrogens is 891 g/mol. The minimum atomic E-state index is -0.179. The Kier molecular flexibility index (Phi) is 9.77. The van der Waals surface area contributed by atoms with Gasteiger partial charge in [0.25, 0.3) is 0 Å². The van der Waals surface area contributed by atoms with Crippen LogP contribution in [0.1, 0.15) is 25.0 Å². The van der Waals surface area contributed by atoms with Crippen LogP contribution in [0.2, 0.25) is 0 Å². The maximum absolute atomic E-state index is 6.48. The molecule has 0 fully saturated rings. The highest BCUT2D eigenvalue weighted by Gasteiger charge is 2.38. The summed E-state index contributed by atoms with van der Waals surface area (Å²) >= 11 is 1.86. The van der Waals surface area contributed by atoms with E-state index in [0.29, 0.717) is 0 Å². The SMILES string of the molecule is CC1(C)c2ccc(-c3ccc(N(c4ccc(-c5cccc6c5oc5ccccc56)cc4)c4ccc(-c5cccc6sc7ccccc7c56)cc4)cc3)cc2-c2cc(-c3ccccc3)cc(-c3ccccc3)c21. The Morgan fingerprint density at radius 2 is 0.847 bits per heavy atom. The van der Waals surface area contributed by atoms with E-state index in [1.165, 1.54) is 86.9 Å². The fraction of sp³-hybridized carbons (Fsp3) is 0.0435. The molecule has 0 bridgehead atoms. The van der Waals surface area contributed by atoms with Crippen molar-refractivity contribution in [1.29, 1.82) is 0 Å². The van der Waals surface area contributed by atoms with Gasteiger partial charge in [-0.3, -0.25) is 0 Å². The van der Waals surface area contributed by atoms with E-state index in [9.17, 15) is 0 Å². The third-order valence-corrected chi connectivity index (χ3v) is 16.2. The average Bonchev–Trinajstić information content (AvgIpc) is 4.09. The molecule has 1 aliphatic carbocycles. The van der Waals surface area contributed by atoms with Gasteiger partial charge in [0.1, 0.15) is 11.2 Å².